The van der Waals surface area contributed by atoms with Gasteiger partial charge < -0.3 is 0 Å². The van der Waals surface area contributed by atoms with E-state index >= 15 is 0 Å². The first-order valence-electron chi connectivity index (χ1n) is 2.71. The summed E-state index contributed by atoms with van der Waals surface area (Å²) in [4.78, 5) is 24.1. The largest absolute Gasteiger partial charge is 0.276 e. The molecule has 0 fully saturated rings. The van der Waals surface area contributed by atoms with E-state index in [1.807, 2.05) is 0 Å². The van der Waals surface area contributed by atoms with Gasteiger partial charge in [-0.1, -0.05) is 0 Å². The van der Waals surface area contributed by atoms with Gasteiger partial charge in [0.2, 0.25) is 6.20 Å². The molecule has 0 aliphatic heterocycles. The number of hydroxylamine groups is 2. The molecule has 0 N–H and O–H groups in total. The van der Waals surface area contributed by atoms with Gasteiger partial charge in [0.1, 0.15) is 0 Å². The Morgan fingerprint density at radius 1 is 1.73 bits per heavy atom. The summed E-state index contributed by atoms with van der Waals surface area (Å²) in [6.07, 6.45) is 1.36. The number of hydrogen-bond donors (Lipinski definition) is 0. The van der Waals surface area contributed by atoms with E-state index in [1.165, 1.54) is 14.2 Å². The van der Waals surface area contributed by atoms with Gasteiger partial charge in [-0.05, 0) is 0 Å². The Morgan fingerprint density at radius 3 is 2.64 bits per heavy atom. The summed E-state index contributed by atoms with van der Waals surface area (Å²) in [7, 11) is 2.64. The summed E-state index contributed by atoms with van der Waals surface area (Å²) in [6, 6.07) is 0. The summed E-state index contributed by atoms with van der Waals surface area (Å²) in [6.45, 7) is 0. The van der Waals surface area contributed by atoms with Crippen molar-refractivity contribution in [1.29, 1.82) is 0 Å². The lowest BCUT2D eigenvalue weighted by Gasteiger charge is -2.08. The van der Waals surface area contributed by atoms with Gasteiger partial charge in [-0.25, -0.2) is 5.06 Å². The van der Waals surface area contributed by atoms with E-state index < -0.39 is 10.8 Å². The molecule has 6 heteroatoms. The van der Waals surface area contributed by atoms with Crippen LogP contribution in [0.2, 0.25) is 0 Å². The Morgan fingerprint density at radius 2 is 2.27 bits per heavy atom. The lowest BCUT2D eigenvalue weighted by molar-refractivity contribution is -0.402. The van der Waals surface area contributed by atoms with Crippen LogP contribution < -0.4 is 0 Å². The van der Waals surface area contributed by atoms with Crippen LogP contribution in [0.5, 0.6) is 0 Å². The molecule has 0 radical (unpaired) electrons. The van der Waals surface area contributed by atoms with Crippen molar-refractivity contribution in [3.8, 4) is 0 Å². The molecule has 0 heterocycles. The van der Waals surface area contributed by atoms with Crippen LogP contribution in [-0.4, -0.2) is 30.1 Å². The molecule has 0 saturated carbocycles. The third kappa shape index (κ3) is 4.04. The SMILES string of the molecule is CON(C)C(=O)/C=C/[N+](=O)[O-]. The Labute approximate surface area is 63.2 Å². The van der Waals surface area contributed by atoms with Crippen molar-refractivity contribution in [2.24, 2.45) is 0 Å². The van der Waals surface area contributed by atoms with Gasteiger partial charge >= 0.3 is 0 Å². The number of carbonyl (C=O) groups excluding carboxylic acids is 1. The van der Waals surface area contributed by atoms with Crippen LogP contribution in [-0.2, 0) is 9.63 Å². The maximum absolute atomic E-state index is 10.7. The molecule has 1 amide bonds. The highest BCUT2D eigenvalue weighted by Crippen LogP contribution is 1.85. The molecule has 6 nitrogen and oxygen atoms in total. The number of hydrogen-bond acceptors (Lipinski definition) is 4. The molecular formula is C5H8N2O4. The van der Waals surface area contributed by atoms with Crippen molar-refractivity contribution in [2.75, 3.05) is 14.2 Å². The van der Waals surface area contributed by atoms with Gasteiger partial charge in [-0.3, -0.25) is 19.7 Å². The van der Waals surface area contributed by atoms with Gasteiger partial charge in [0.15, 0.2) is 0 Å². The average molecular weight is 160 g/mol. The second kappa shape index (κ2) is 4.40. The zero-order valence-corrected chi connectivity index (χ0v) is 6.18. The van der Waals surface area contributed by atoms with Gasteiger partial charge in [-0.2, -0.15) is 0 Å². The minimum atomic E-state index is -0.721. The predicted octanol–water partition coefficient (Wildman–Crippen LogP) is -0.203. The van der Waals surface area contributed by atoms with E-state index in [4.69, 9.17) is 0 Å². The molecule has 0 aliphatic rings. The van der Waals surface area contributed by atoms with Crippen LogP contribution >= 0.6 is 0 Å². The van der Waals surface area contributed by atoms with Crippen LogP contribution in [0.1, 0.15) is 0 Å². The molecule has 0 saturated heterocycles. The van der Waals surface area contributed by atoms with E-state index in [0.717, 1.165) is 11.1 Å². The maximum atomic E-state index is 10.7. The van der Waals surface area contributed by atoms with Crippen LogP contribution in [0.3, 0.4) is 0 Å². The Bertz CT molecular complexity index is 189. The monoisotopic (exact) mass is 160 g/mol. The fourth-order valence-corrected chi connectivity index (χ4v) is 0.320. The molecule has 0 unspecified atom stereocenters. The van der Waals surface area contributed by atoms with Crippen molar-refractivity contribution in [1.82, 2.24) is 5.06 Å². The number of nitro groups is 1. The van der Waals surface area contributed by atoms with Crippen LogP contribution in [0.4, 0.5) is 0 Å². The van der Waals surface area contributed by atoms with E-state index in [2.05, 4.69) is 4.84 Å². The Kier molecular flexibility index (Phi) is 3.82. The average Bonchev–Trinajstić information content (AvgIpc) is 1.98. The summed E-state index contributed by atoms with van der Waals surface area (Å²) in [5, 5.41) is 10.6. The molecule has 0 aromatic carbocycles. The van der Waals surface area contributed by atoms with E-state index in [0.29, 0.717) is 6.20 Å². The van der Waals surface area contributed by atoms with Crippen molar-refractivity contribution < 1.29 is 14.6 Å². The number of amides is 1. The number of likely N-dealkylation sites (N-methyl/N-ethyl adjacent to an activating group) is 1. The standard InChI is InChI=1S/C5H8N2O4/c1-6(11-2)5(8)3-4-7(9)10/h3-4H,1-2H3/b4-3+. The Hall–Kier alpha value is -1.43. The smallest absolute Gasteiger partial charge is 0.274 e. The van der Waals surface area contributed by atoms with Gasteiger partial charge in [0.25, 0.3) is 5.91 Å². The number of rotatable bonds is 3. The number of nitrogens with zero attached hydrogens (tertiary/aromatic N) is 2. The minimum Gasteiger partial charge on any atom is -0.274 e. The van der Waals surface area contributed by atoms with Gasteiger partial charge in [0, 0.05) is 7.05 Å². The second-order valence-corrected chi connectivity index (χ2v) is 1.62. The summed E-state index contributed by atoms with van der Waals surface area (Å²) in [5.74, 6) is -0.579. The molecule has 0 rings (SSSR count). The van der Waals surface area contributed by atoms with Crippen molar-refractivity contribution in [3.05, 3.63) is 22.4 Å². The van der Waals surface area contributed by atoms with Crippen LogP contribution in [0.15, 0.2) is 12.3 Å². The Balaban J connectivity index is 3.96. The lowest BCUT2D eigenvalue weighted by atomic mass is 10.6. The fraction of sp³-hybridized carbons (Fsp3) is 0.400. The highest BCUT2D eigenvalue weighted by molar-refractivity contribution is 5.86. The highest BCUT2D eigenvalue weighted by atomic mass is 16.7. The first kappa shape index (κ1) is 9.57. The summed E-state index contributed by atoms with van der Waals surface area (Å²) >= 11 is 0. The predicted molar refractivity (Wildman–Crippen MR) is 35.9 cm³/mol. The molecular weight excluding hydrogens is 152 g/mol. The van der Waals surface area contributed by atoms with E-state index in [1.54, 1.807) is 0 Å². The van der Waals surface area contributed by atoms with Gasteiger partial charge in [-0.15, -0.1) is 0 Å². The van der Waals surface area contributed by atoms with Crippen molar-refractivity contribution >= 4 is 5.91 Å². The summed E-state index contributed by atoms with van der Waals surface area (Å²) in [5.41, 5.74) is 0. The molecule has 0 spiro atoms. The van der Waals surface area contributed by atoms with E-state index in [9.17, 15) is 14.9 Å². The maximum Gasteiger partial charge on any atom is 0.276 e. The quantitative estimate of drug-likeness (QED) is 0.325. The first-order chi connectivity index (χ1) is 5.07. The molecule has 62 valence electrons. The summed E-state index contributed by atoms with van der Waals surface area (Å²) < 4.78 is 0. The molecule has 0 aromatic heterocycles. The van der Waals surface area contributed by atoms with Crippen molar-refractivity contribution in [3.63, 3.8) is 0 Å². The van der Waals surface area contributed by atoms with Gasteiger partial charge in [0.05, 0.1) is 18.1 Å². The lowest BCUT2D eigenvalue weighted by Crippen LogP contribution is -2.23. The second-order valence-electron chi connectivity index (χ2n) is 1.62. The molecule has 0 bridgehead atoms. The normalized spacial score (nSPS) is 10.0. The third-order valence-electron chi connectivity index (χ3n) is 0.923. The zero-order chi connectivity index (χ0) is 8.85. The van der Waals surface area contributed by atoms with Crippen LogP contribution in [0, 0.1) is 10.1 Å². The fourth-order valence-electron chi connectivity index (χ4n) is 0.320. The molecule has 0 atom stereocenters. The van der Waals surface area contributed by atoms with Crippen LogP contribution in [0.25, 0.3) is 0 Å². The molecule has 11 heavy (non-hydrogen) atoms. The number of carbonyl (C=O) groups is 1. The molecule has 0 aromatic rings. The highest BCUT2D eigenvalue weighted by Gasteiger charge is 2.03. The topological polar surface area (TPSA) is 72.7 Å². The third-order valence-corrected chi connectivity index (χ3v) is 0.923. The minimum absolute atomic E-state index is 0.553. The van der Waals surface area contributed by atoms with E-state index in [-0.39, 0.29) is 0 Å². The first-order valence-corrected chi connectivity index (χ1v) is 2.71. The molecule has 0 aliphatic carbocycles. The van der Waals surface area contributed by atoms with Crippen molar-refractivity contribution in [2.45, 2.75) is 0 Å². The zero-order valence-electron chi connectivity index (χ0n) is 6.18.